The van der Waals surface area contributed by atoms with Crippen LogP contribution >= 0.6 is 0 Å². The molecule has 6 nitrogen and oxygen atoms in total. The van der Waals surface area contributed by atoms with E-state index in [0.29, 0.717) is 0 Å². The second-order valence-corrected chi connectivity index (χ2v) is 3.52. The molecule has 80 valence electrons. The Kier molecular flexibility index (Phi) is 2.95. The van der Waals surface area contributed by atoms with Gasteiger partial charge in [0.2, 0.25) is 0 Å². The lowest BCUT2D eigenvalue weighted by atomic mass is 9.94. The largest absolute Gasteiger partial charge is 0.344 e. The smallest absolute Gasteiger partial charge is 0.324 e. The van der Waals surface area contributed by atoms with Gasteiger partial charge in [0.1, 0.15) is 0 Å². The van der Waals surface area contributed by atoms with E-state index in [4.69, 9.17) is 5.73 Å². The van der Waals surface area contributed by atoms with Gasteiger partial charge in [0.15, 0.2) is 0 Å². The molecule has 0 atom stereocenters. The van der Waals surface area contributed by atoms with E-state index in [1.807, 2.05) is 13.8 Å². The van der Waals surface area contributed by atoms with Crippen molar-refractivity contribution in [1.82, 2.24) is 14.8 Å². The lowest BCUT2D eigenvalue weighted by Crippen LogP contribution is -2.47. The number of nitrogens with two attached hydrogens (primary N) is 1. The summed E-state index contributed by atoms with van der Waals surface area (Å²) in [4.78, 5) is 22.3. The minimum absolute atomic E-state index is 0.248. The first kappa shape index (κ1) is 10.8. The van der Waals surface area contributed by atoms with E-state index in [2.05, 4.69) is 10.2 Å². The van der Waals surface area contributed by atoms with Gasteiger partial charge in [-0.15, -0.1) is 0 Å². The Bertz CT molecular complexity index is 368. The number of nitrogens with zero attached hydrogens (tertiary/aromatic N) is 1. The van der Waals surface area contributed by atoms with E-state index in [1.165, 1.54) is 0 Å². The fraction of sp³-hybridized carbons (Fsp3) is 0.750. The highest BCUT2D eigenvalue weighted by molar-refractivity contribution is 4.83. The molecule has 0 radical (unpaired) electrons. The zero-order valence-electron chi connectivity index (χ0n) is 8.46. The first-order valence-corrected chi connectivity index (χ1v) is 4.69. The Morgan fingerprint density at radius 3 is 2.00 bits per heavy atom. The van der Waals surface area contributed by atoms with Gasteiger partial charge in [-0.2, -0.15) is 0 Å². The first-order chi connectivity index (χ1) is 6.52. The summed E-state index contributed by atoms with van der Waals surface area (Å²) in [7, 11) is 0. The van der Waals surface area contributed by atoms with E-state index in [0.717, 1.165) is 17.4 Å². The van der Waals surface area contributed by atoms with Crippen LogP contribution in [0.3, 0.4) is 0 Å². The molecular weight excluding hydrogens is 184 g/mol. The van der Waals surface area contributed by atoms with Crippen LogP contribution in [0.4, 0.5) is 0 Å². The molecule has 0 saturated carbocycles. The van der Waals surface area contributed by atoms with Crippen molar-refractivity contribution < 1.29 is 0 Å². The summed E-state index contributed by atoms with van der Waals surface area (Å²) in [5.74, 6) is 0. The standard InChI is InChI=1S/C8H16N4O2/c1-3-8(9,4-2)5-12-6(13)10-11-7(12)14/h3-5,9H2,1-2H3,(H,10,13)(H,11,14). The molecule has 0 aliphatic heterocycles. The van der Waals surface area contributed by atoms with Gasteiger partial charge in [-0.3, -0.25) is 0 Å². The highest BCUT2D eigenvalue weighted by Crippen LogP contribution is 2.11. The Balaban J connectivity index is 2.99. The zero-order valence-corrected chi connectivity index (χ0v) is 8.46. The summed E-state index contributed by atoms with van der Waals surface area (Å²) in [6.45, 7) is 4.13. The van der Waals surface area contributed by atoms with Crippen molar-refractivity contribution in [1.29, 1.82) is 0 Å². The van der Waals surface area contributed by atoms with Crippen LogP contribution in [0.15, 0.2) is 9.59 Å². The average Bonchev–Trinajstić information content (AvgIpc) is 2.49. The van der Waals surface area contributed by atoms with Gasteiger partial charge < -0.3 is 5.73 Å². The fourth-order valence-corrected chi connectivity index (χ4v) is 1.27. The normalized spacial score (nSPS) is 11.9. The number of hydrogen-bond acceptors (Lipinski definition) is 3. The molecule has 1 aromatic rings. The van der Waals surface area contributed by atoms with E-state index in [1.54, 1.807) is 0 Å². The summed E-state index contributed by atoms with van der Waals surface area (Å²) in [5, 5.41) is 4.44. The SMILES string of the molecule is CCC(N)(CC)Cn1c(=O)[nH][nH]c1=O. The predicted octanol–water partition coefficient (Wildman–Crippen LogP) is -0.618. The molecule has 6 heteroatoms. The van der Waals surface area contributed by atoms with Crippen molar-refractivity contribution in [2.45, 2.75) is 38.8 Å². The molecule has 0 bridgehead atoms. The Hall–Kier alpha value is -1.30. The lowest BCUT2D eigenvalue weighted by molar-refractivity contribution is 0.331. The highest BCUT2D eigenvalue weighted by Gasteiger charge is 2.22. The molecule has 0 aliphatic rings. The predicted molar refractivity (Wildman–Crippen MR) is 53.2 cm³/mol. The van der Waals surface area contributed by atoms with E-state index >= 15 is 0 Å². The molecule has 0 aliphatic carbocycles. The number of hydrogen-bond donors (Lipinski definition) is 3. The van der Waals surface area contributed by atoms with Gasteiger partial charge in [-0.05, 0) is 12.8 Å². The second kappa shape index (κ2) is 3.83. The molecule has 0 amide bonds. The van der Waals surface area contributed by atoms with Crippen LogP contribution in [-0.4, -0.2) is 20.3 Å². The summed E-state index contributed by atoms with van der Waals surface area (Å²) in [6.07, 6.45) is 1.45. The van der Waals surface area contributed by atoms with Gasteiger partial charge in [-0.1, -0.05) is 13.8 Å². The molecular formula is C8H16N4O2. The van der Waals surface area contributed by atoms with Crippen molar-refractivity contribution in [3.05, 3.63) is 21.0 Å². The molecule has 4 N–H and O–H groups in total. The monoisotopic (exact) mass is 200 g/mol. The second-order valence-electron chi connectivity index (χ2n) is 3.52. The highest BCUT2D eigenvalue weighted by atomic mass is 16.2. The summed E-state index contributed by atoms with van der Waals surface area (Å²) in [5.41, 5.74) is 4.64. The van der Waals surface area contributed by atoms with Crippen molar-refractivity contribution in [2.24, 2.45) is 5.73 Å². The van der Waals surface area contributed by atoms with Gasteiger partial charge in [0, 0.05) is 5.54 Å². The van der Waals surface area contributed by atoms with Gasteiger partial charge in [0.05, 0.1) is 6.54 Å². The third-order valence-corrected chi connectivity index (χ3v) is 2.65. The lowest BCUT2D eigenvalue weighted by Gasteiger charge is -2.25. The molecule has 1 heterocycles. The topological polar surface area (TPSA) is 96.7 Å². The quantitative estimate of drug-likeness (QED) is 0.604. The Labute approximate surface area is 81.1 Å². The van der Waals surface area contributed by atoms with Crippen LogP contribution in [0, 0.1) is 0 Å². The first-order valence-electron chi connectivity index (χ1n) is 4.69. The van der Waals surface area contributed by atoms with Crippen LogP contribution < -0.4 is 17.1 Å². The van der Waals surface area contributed by atoms with Crippen molar-refractivity contribution >= 4 is 0 Å². The molecule has 0 aromatic carbocycles. The van der Waals surface area contributed by atoms with Gasteiger partial charge >= 0.3 is 11.4 Å². The molecule has 0 fully saturated rings. The molecule has 14 heavy (non-hydrogen) atoms. The minimum Gasteiger partial charge on any atom is -0.324 e. The van der Waals surface area contributed by atoms with E-state index < -0.39 is 16.9 Å². The average molecular weight is 200 g/mol. The number of H-pyrrole nitrogens is 2. The summed E-state index contributed by atoms with van der Waals surface area (Å²) < 4.78 is 1.09. The Morgan fingerprint density at radius 2 is 1.64 bits per heavy atom. The maximum absolute atomic E-state index is 11.2. The molecule has 1 aromatic heterocycles. The van der Waals surface area contributed by atoms with Crippen molar-refractivity contribution in [3.63, 3.8) is 0 Å². The van der Waals surface area contributed by atoms with Crippen LogP contribution in [-0.2, 0) is 6.54 Å². The molecule has 1 rings (SSSR count). The van der Waals surface area contributed by atoms with Crippen LogP contribution in [0.2, 0.25) is 0 Å². The molecule has 0 spiro atoms. The number of aromatic amines is 2. The number of aromatic nitrogens is 3. The van der Waals surface area contributed by atoms with Crippen molar-refractivity contribution in [2.75, 3.05) is 0 Å². The number of nitrogens with one attached hydrogen (secondary N) is 2. The Morgan fingerprint density at radius 1 is 1.21 bits per heavy atom. The third-order valence-electron chi connectivity index (χ3n) is 2.65. The van der Waals surface area contributed by atoms with E-state index in [-0.39, 0.29) is 6.54 Å². The van der Waals surface area contributed by atoms with Gasteiger partial charge in [-0.25, -0.2) is 24.4 Å². The molecule has 0 unspecified atom stereocenters. The fourth-order valence-electron chi connectivity index (χ4n) is 1.27. The summed E-state index contributed by atoms with van der Waals surface area (Å²) >= 11 is 0. The zero-order chi connectivity index (χ0) is 10.8. The number of rotatable bonds is 4. The van der Waals surface area contributed by atoms with Gasteiger partial charge in [0.25, 0.3) is 0 Å². The maximum atomic E-state index is 11.2. The van der Waals surface area contributed by atoms with Crippen molar-refractivity contribution in [3.8, 4) is 0 Å². The maximum Gasteiger partial charge on any atom is 0.344 e. The van der Waals surface area contributed by atoms with Crippen LogP contribution in [0.1, 0.15) is 26.7 Å². The van der Waals surface area contributed by atoms with Crippen LogP contribution in [0.25, 0.3) is 0 Å². The van der Waals surface area contributed by atoms with E-state index in [9.17, 15) is 9.59 Å². The molecule has 0 saturated heterocycles. The minimum atomic E-state index is -0.487. The third kappa shape index (κ3) is 1.95. The summed E-state index contributed by atoms with van der Waals surface area (Å²) in [6, 6.07) is 0. The van der Waals surface area contributed by atoms with Crippen LogP contribution in [0.5, 0.6) is 0 Å².